The largest absolute Gasteiger partial charge is 0.396 e. The number of nitrogens with zero attached hydrogens (tertiary/aromatic N) is 1. The number of aliphatic hydroxyl groups is 1. The lowest BCUT2D eigenvalue weighted by Crippen LogP contribution is -2.36. The van der Waals surface area contributed by atoms with Crippen LogP contribution in [0.1, 0.15) is 39.4 Å². The van der Waals surface area contributed by atoms with E-state index in [1.807, 2.05) is 4.90 Å². The smallest absolute Gasteiger partial charge is 0.264 e. The second kappa shape index (κ2) is 6.90. The highest BCUT2D eigenvalue weighted by molar-refractivity contribution is 7.14. The van der Waals surface area contributed by atoms with E-state index in [2.05, 4.69) is 6.07 Å². The van der Waals surface area contributed by atoms with Crippen molar-refractivity contribution in [1.29, 1.82) is 0 Å². The minimum atomic E-state index is 0.0363. The minimum Gasteiger partial charge on any atom is -0.396 e. The van der Waals surface area contributed by atoms with E-state index in [9.17, 15) is 9.90 Å². The highest BCUT2D eigenvalue weighted by atomic mass is 32.1. The summed E-state index contributed by atoms with van der Waals surface area (Å²) in [5.41, 5.74) is 1.38. The lowest BCUT2D eigenvalue weighted by Gasteiger charge is -2.21. The summed E-state index contributed by atoms with van der Waals surface area (Å²) in [5, 5.41) is 9.33. The first kappa shape index (κ1) is 15.0. The molecule has 1 saturated heterocycles. The second-order valence-corrected chi connectivity index (χ2v) is 7.13. The van der Waals surface area contributed by atoms with Crippen LogP contribution in [0.4, 0.5) is 0 Å². The number of hydrogen-bond acceptors (Lipinski definition) is 4. The molecule has 0 spiro atoms. The molecule has 0 radical (unpaired) electrons. The molecule has 1 aromatic heterocycles. The van der Waals surface area contributed by atoms with Crippen LogP contribution >= 0.6 is 11.3 Å². The Bertz CT molecular complexity index is 476. The number of fused-ring (bicyclic) bond motifs is 1. The molecule has 0 unspecified atom stereocenters. The molecule has 0 aromatic carbocycles. The van der Waals surface area contributed by atoms with Gasteiger partial charge in [-0.25, -0.2) is 0 Å². The van der Waals surface area contributed by atoms with E-state index in [0.29, 0.717) is 26.3 Å². The Kier molecular flexibility index (Phi) is 4.93. The lowest BCUT2D eigenvalue weighted by atomic mass is 10.1. The molecule has 1 aliphatic heterocycles. The molecular weight excluding hydrogens is 286 g/mol. The van der Waals surface area contributed by atoms with Crippen LogP contribution in [-0.4, -0.2) is 48.8 Å². The zero-order valence-electron chi connectivity index (χ0n) is 12.3. The van der Waals surface area contributed by atoms with E-state index in [4.69, 9.17) is 4.74 Å². The van der Waals surface area contributed by atoms with Crippen molar-refractivity contribution in [2.45, 2.75) is 32.1 Å². The molecule has 3 rings (SSSR count). The molecule has 21 heavy (non-hydrogen) atoms. The van der Waals surface area contributed by atoms with Crippen molar-refractivity contribution in [3.8, 4) is 0 Å². The third kappa shape index (κ3) is 3.47. The van der Waals surface area contributed by atoms with E-state index in [1.165, 1.54) is 29.7 Å². The van der Waals surface area contributed by atoms with Crippen molar-refractivity contribution in [1.82, 2.24) is 4.90 Å². The predicted octanol–water partition coefficient (Wildman–Crippen LogP) is 2.10. The van der Waals surface area contributed by atoms with E-state index < -0.39 is 0 Å². The topological polar surface area (TPSA) is 49.8 Å². The van der Waals surface area contributed by atoms with Crippen molar-refractivity contribution in [3.63, 3.8) is 0 Å². The van der Waals surface area contributed by atoms with Crippen molar-refractivity contribution < 1.29 is 14.6 Å². The highest BCUT2D eigenvalue weighted by Gasteiger charge is 2.25. The first-order valence-corrected chi connectivity index (χ1v) is 8.69. The molecule has 0 saturated carbocycles. The Morgan fingerprint density at radius 2 is 2.24 bits per heavy atom. The van der Waals surface area contributed by atoms with Gasteiger partial charge in [-0.3, -0.25) is 4.79 Å². The van der Waals surface area contributed by atoms with Crippen molar-refractivity contribution in [2.75, 3.05) is 32.9 Å². The summed E-state index contributed by atoms with van der Waals surface area (Å²) in [4.78, 5) is 16.8. The third-order valence-corrected chi connectivity index (χ3v) is 5.57. The second-order valence-electron chi connectivity index (χ2n) is 5.99. The van der Waals surface area contributed by atoms with Crippen LogP contribution in [0.25, 0.3) is 0 Å². The summed E-state index contributed by atoms with van der Waals surface area (Å²) >= 11 is 1.67. The fraction of sp³-hybridized carbons (Fsp3) is 0.688. The molecular formula is C16H23NO3S. The molecule has 1 aromatic rings. The first-order chi connectivity index (χ1) is 10.3. The van der Waals surface area contributed by atoms with Gasteiger partial charge in [-0.05, 0) is 37.3 Å². The fourth-order valence-corrected chi connectivity index (χ4v) is 4.33. The average molecular weight is 309 g/mol. The summed E-state index contributed by atoms with van der Waals surface area (Å²) in [6, 6.07) is 2.10. The molecule has 116 valence electrons. The first-order valence-electron chi connectivity index (χ1n) is 7.87. The Morgan fingerprint density at radius 1 is 1.38 bits per heavy atom. The number of aliphatic hydroxyl groups excluding tert-OH is 1. The number of ether oxygens (including phenoxy) is 1. The molecule has 1 atom stereocenters. The number of hydrogen-bond donors (Lipinski definition) is 1. The summed E-state index contributed by atoms with van der Waals surface area (Å²) in [6.45, 7) is 2.40. The molecule has 2 heterocycles. The standard InChI is InChI=1S/C16H23NO3S/c18-10-12-9-17(6-7-20-11-12)16(19)15-8-13-4-2-1-3-5-14(13)21-15/h8,12,18H,1-7,9-11H2/t12-/m1/s1. The average Bonchev–Trinajstić information content (AvgIpc) is 2.70. The van der Waals surface area contributed by atoms with Gasteiger partial charge in [-0.2, -0.15) is 0 Å². The highest BCUT2D eigenvalue weighted by Crippen LogP contribution is 2.30. The van der Waals surface area contributed by atoms with Gasteiger partial charge in [-0.15, -0.1) is 11.3 Å². The van der Waals surface area contributed by atoms with E-state index in [-0.39, 0.29) is 18.4 Å². The van der Waals surface area contributed by atoms with Gasteiger partial charge in [0, 0.05) is 30.5 Å². The normalized spacial score (nSPS) is 23.3. The van der Waals surface area contributed by atoms with Gasteiger partial charge in [0.2, 0.25) is 0 Å². The van der Waals surface area contributed by atoms with E-state index in [0.717, 1.165) is 17.7 Å². The van der Waals surface area contributed by atoms with Crippen molar-refractivity contribution in [3.05, 3.63) is 21.4 Å². The van der Waals surface area contributed by atoms with Crippen molar-refractivity contribution in [2.24, 2.45) is 5.92 Å². The summed E-state index contributed by atoms with van der Waals surface area (Å²) < 4.78 is 5.46. The van der Waals surface area contributed by atoms with Crippen LogP contribution in [0.15, 0.2) is 6.07 Å². The van der Waals surface area contributed by atoms with Crippen LogP contribution in [0.5, 0.6) is 0 Å². The Labute approximate surface area is 129 Å². The SMILES string of the molecule is O=C(c1cc2c(s1)CCCCC2)N1CCOC[C@@H](CO)C1. The molecule has 1 fully saturated rings. The number of amides is 1. The maximum atomic E-state index is 12.7. The molecule has 4 nitrogen and oxygen atoms in total. The monoisotopic (exact) mass is 309 g/mol. The zero-order valence-corrected chi connectivity index (χ0v) is 13.2. The van der Waals surface area contributed by atoms with Gasteiger partial charge in [0.15, 0.2) is 0 Å². The van der Waals surface area contributed by atoms with Gasteiger partial charge < -0.3 is 14.7 Å². The number of carbonyl (C=O) groups excluding carboxylic acids is 1. The van der Waals surface area contributed by atoms with E-state index >= 15 is 0 Å². The van der Waals surface area contributed by atoms with Crippen LogP contribution in [-0.2, 0) is 17.6 Å². The van der Waals surface area contributed by atoms with E-state index in [1.54, 1.807) is 11.3 Å². The lowest BCUT2D eigenvalue weighted by molar-refractivity contribution is 0.0733. The molecule has 1 aliphatic carbocycles. The predicted molar refractivity (Wildman–Crippen MR) is 82.9 cm³/mol. The maximum absolute atomic E-state index is 12.7. The summed E-state index contributed by atoms with van der Waals surface area (Å²) in [7, 11) is 0. The maximum Gasteiger partial charge on any atom is 0.264 e. The number of thiophene rings is 1. The Morgan fingerprint density at radius 3 is 3.10 bits per heavy atom. The molecule has 1 amide bonds. The van der Waals surface area contributed by atoms with Gasteiger partial charge in [0.25, 0.3) is 5.91 Å². The number of carbonyl (C=O) groups is 1. The van der Waals surface area contributed by atoms with Crippen LogP contribution in [0, 0.1) is 5.92 Å². The van der Waals surface area contributed by atoms with Crippen LogP contribution in [0.3, 0.4) is 0 Å². The minimum absolute atomic E-state index is 0.0363. The van der Waals surface area contributed by atoms with Gasteiger partial charge in [-0.1, -0.05) is 6.42 Å². The Balaban J connectivity index is 1.75. The van der Waals surface area contributed by atoms with Crippen molar-refractivity contribution >= 4 is 17.2 Å². The number of rotatable bonds is 2. The van der Waals surface area contributed by atoms with Gasteiger partial charge in [0.1, 0.15) is 0 Å². The summed E-state index contributed by atoms with van der Waals surface area (Å²) in [5.74, 6) is 0.145. The van der Waals surface area contributed by atoms with Gasteiger partial charge >= 0.3 is 0 Å². The molecule has 0 bridgehead atoms. The van der Waals surface area contributed by atoms with Crippen LogP contribution < -0.4 is 0 Å². The third-order valence-electron chi connectivity index (χ3n) is 4.34. The fourth-order valence-electron chi connectivity index (χ4n) is 3.10. The molecule has 2 aliphatic rings. The van der Waals surface area contributed by atoms with Crippen LogP contribution in [0.2, 0.25) is 0 Å². The van der Waals surface area contributed by atoms with Gasteiger partial charge in [0.05, 0.1) is 18.1 Å². The zero-order chi connectivity index (χ0) is 14.7. The summed E-state index contributed by atoms with van der Waals surface area (Å²) in [6.07, 6.45) is 6.01. The quantitative estimate of drug-likeness (QED) is 0.851. The molecule has 5 heteroatoms. The molecule has 1 N–H and O–H groups in total. The number of aryl methyl sites for hydroxylation is 2. The Hall–Kier alpha value is -0.910.